The molecule has 0 bridgehead atoms. The van der Waals surface area contributed by atoms with Crippen LogP contribution in [0.4, 0.5) is 6.01 Å². The molecule has 0 amide bonds. The average Bonchev–Trinajstić information content (AvgIpc) is 2.74. The molecule has 1 heterocycles. The Bertz CT molecular complexity index is 380. The fourth-order valence-electron chi connectivity index (χ4n) is 1.42. The van der Waals surface area contributed by atoms with Gasteiger partial charge in [-0.3, -0.25) is 0 Å². The second-order valence-corrected chi connectivity index (χ2v) is 5.21. The maximum atomic E-state index is 5.48. The second-order valence-electron chi connectivity index (χ2n) is 5.21. The lowest BCUT2D eigenvalue weighted by molar-refractivity contribution is 0.421. The number of hydrogen-bond donors (Lipinski definition) is 1. The van der Waals surface area contributed by atoms with E-state index in [-0.39, 0.29) is 5.54 Å². The van der Waals surface area contributed by atoms with E-state index in [1.165, 1.54) is 0 Å². The number of aromatic nitrogens is 1. The van der Waals surface area contributed by atoms with Crippen LogP contribution in [0.15, 0.2) is 36.0 Å². The van der Waals surface area contributed by atoms with Crippen molar-refractivity contribution in [3.63, 3.8) is 0 Å². The highest BCUT2D eigenvalue weighted by Crippen LogP contribution is 2.14. The maximum Gasteiger partial charge on any atom is 0.298 e. The molecule has 0 radical (unpaired) electrons. The van der Waals surface area contributed by atoms with E-state index in [0.717, 1.165) is 5.69 Å². The third kappa shape index (κ3) is 4.75. The van der Waals surface area contributed by atoms with Crippen LogP contribution in [0.1, 0.15) is 26.5 Å². The van der Waals surface area contributed by atoms with E-state index >= 15 is 0 Å². The third-order valence-corrected chi connectivity index (χ3v) is 2.31. The first kappa shape index (κ1) is 14.5. The number of nitrogens with zero attached hydrogens (tertiary/aromatic N) is 2. The molecule has 1 aromatic heterocycles. The van der Waals surface area contributed by atoms with Crippen molar-refractivity contribution in [2.24, 2.45) is 0 Å². The molecule has 4 heteroatoms. The van der Waals surface area contributed by atoms with Crippen molar-refractivity contribution in [3.8, 4) is 0 Å². The summed E-state index contributed by atoms with van der Waals surface area (Å²) in [6.07, 6.45) is 5.33. The number of anilines is 1. The van der Waals surface area contributed by atoms with Crippen molar-refractivity contribution < 1.29 is 4.42 Å². The summed E-state index contributed by atoms with van der Waals surface area (Å²) in [5, 5.41) is 3.37. The van der Waals surface area contributed by atoms with Gasteiger partial charge in [-0.25, -0.2) is 0 Å². The van der Waals surface area contributed by atoms with Crippen LogP contribution in [0, 0.1) is 0 Å². The van der Waals surface area contributed by atoms with Gasteiger partial charge in [-0.05, 0) is 20.8 Å². The summed E-state index contributed by atoms with van der Waals surface area (Å²) in [6, 6.07) is 0.612. The minimum absolute atomic E-state index is 0.0705. The van der Waals surface area contributed by atoms with Gasteiger partial charge in [0.15, 0.2) is 0 Å². The van der Waals surface area contributed by atoms with Crippen molar-refractivity contribution in [2.45, 2.75) is 32.9 Å². The summed E-state index contributed by atoms with van der Waals surface area (Å²) in [5.41, 5.74) is 0.971. The van der Waals surface area contributed by atoms with Crippen LogP contribution >= 0.6 is 0 Å². The van der Waals surface area contributed by atoms with Gasteiger partial charge < -0.3 is 14.6 Å². The average molecular weight is 249 g/mol. The summed E-state index contributed by atoms with van der Waals surface area (Å²) in [7, 11) is 0. The molecule has 1 rings (SSSR count). The molecule has 0 fully saturated rings. The minimum Gasteiger partial charge on any atom is -0.432 e. The molecule has 0 unspecified atom stereocenters. The van der Waals surface area contributed by atoms with E-state index in [0.29, 0.717) is 25.6 Å². The zero-order valence-electron chi connectivity index (χ0n) is 11.6. The fourth-order valence-corrected chi connectivity index (χ4v) is 1.42. The van der Waals surface area contributed by atoms with Crippen molar-refractivity contribution >= 4 is 6.01 Å². The monoisotopic (exact) mass is 249 g/mol. The highest BCUT2D eigenvalue weighted by Gasteiger charge is 2.13. The summed E-state index contributed by atoms with van der Waals surface area (Å²) >= 11 is 0. The predicted octanol–water partition coefficient (Wildman–Crippen LogP) is 2.74. The smallest absolute Gasteiger partial charge is 0.298 e. The van der Waals surface area contributed by atoms with Gasteiger partial charge in [-0.15, -0.1) is 13.2 Å². The van der Waals surface area contributed by atoms with Crippen LogP contribution in [0.5, 0.6) is 0 Å². The van der Waals surface area contributed by atoms with E-state index in [1.54, 1.807) is 6.26 Å². The Balaban J connectivity index is 2.65. The highest BCUT2D eigenvalue weighted by molar-refractivity contribution is 5.29. The predicted molar refractivity (Wildman–Crippen MR) is 75.7 cm³/mol. The van der Waals surface area contributed by atoms with Gasteiger partial charge in [0.2, 0.25) is 0 Å². The number of rotatable bonds is 7. The first-order chi connectivity index (χ1) is 8.46. The van der Waals surface area contributed by atoms with E-state index in [2.05, 4.69) is 44.2 Å². The second kappa shape index (κ2) is 6.40. The van der Waals surface area contributed by atoms with Crippen molar-refractivity contribution in [1.29, 1.82) is 0 Å². The Hall–Kier alpha value is -1.55. The zero-order chi connectivity index (χ0) is 13.6. The lowest BCUT2D eigenvalue weighted by Crippen LogP contribution is -2.35. The molecule has 0 aliphatic heterocycles. The van der Waals surface area contributed by atoms with E-state index < -0.39 is 0 Å². The van der Waals surface area contributed by atoms with Crippen molar-refractivity contribution in [2.75, 3.05) is 18.0 Å². The van der Waals surface area contributed by atoms with E-state index in [9.17, 15) is 0 Å². The molecule has 4 nitrogen and oxygen atoms in total. The molecular formula is C14H23N3O. The quantitative estimate of drug-likeness (QED) is 0.754. The maximum absolute atomic E-state index is 5.48. The molecule has 0 atom stereocenters. The summed E-state index contributed by atoms with van der Waals surface area (Å²) < 4.78 is 5.48. The molecular weight excluding hydrogens is 226 g/mol. The summed E-state index contributed by atoms with van der Waals surface area (Å²) in [5.74, 6) is 0. The van der Waals surface area contributed by atoms with Crippen molar-refractivity contribution in [3.05, 3.63) is 37.3 Å². The van der Waals surface area contributed by atoms with Crippen LogP contribution < -0.4 is 10.2 Å². The van der Waals surface area contributed by atoms with E-state index in [1.807, 2.05) is 17.1 Å². The number of hydrogen-bond acceptors (Lipinski definition) is 4. The lowest BCUT2D eigenvalue weighted by Gasteiger charge is -2.19. The van der Waals surface area contributed by atoms with Gasteiger partial charge in [0.05, 0.1) is 5.69 Å². The molecule has 100 valence electrons. The molecule has 0 spiro atoms. The molecule has 0 aliphatic carbocycles. The SMILES string of the molecule is C=CCN(CC=C)c1nc(CNC(C)(C)C)co1. The van der Waals surface area contributed by atoms with Gasteiger partial charge in [0.25, 0.3) is 6.01 Å². The molecule has 1 aromatic rings. The van der Waals surface area contributed by atoms with Crippen LogP contribution in [0.2, 0.25) is 0 Å². The molecule has 0 aliphatic rings. The third-order valence-electron chi connectivity index (χ3n) is 2.31. The van der Waals surface area contributed by atoms with Gasteiger partial charge in [0.1, 0.15) is 6.26 Å². The van der Waals surface area contributed by atoms with Crippen molar-refractivity contribution in [1.82, 2.24) is 10.3 Å². The van der Waals surface area contributed by atoms with Gasteiger partial charge >= 0.3 is 0 Å². The first-order valence-electron chi connectivity index (χ1n) is 6.12. The van der Waals surface area contributed by atoms with Gasteiger partial charge in [0, 0.05) is 25.2 Å². The highest BCUT2D eigenvalue weighted by atomic mass is 16.4. The van der Waals surface area contributed by atoms with Crippen LogP contribution in [0.3, 0.4) is 0 Å². The first-order valence-corrected chi connectivity index (χ1v) is 6.12. The van der Waals surface area contributed by atoms with Gasteiger partial charge in [-0.2, -0.15) is 4.98 Å². The molecule has 1 N–H and O–H groups in total. The van der Waals surface area contributed by atoms with Crippen LogP contribution in [0.25, 0.3) is 0 Å². The van der Waals surface area contributed by atoms with Crippen LogP contribution in [-0.4, -0.2) is 23.6 Å². The minimum atomic E-state index is 0.0705. The largest absolute Gasteiger partial charge is 0.432 e. The Morgan fingerprint density at radius 2 is 1.94 bits per heavy atom. The molecule has 0 saturated heterocycles. The lowest BCUT2D eigenvalue weighted by atomic mass is 10.1. The Morgan fingerprint density at radius 1 is 1.33 bits per heavy atom. The Labute approximate surface area is 109 Å². The molecule has 0 aromatic carbocycles. The normalized spacial score (nSPS) is 11.3. The number of oxazole rings is 1. The fraction of sp³-hybridized carbons (Fsp3) is 0.500. The Morgan fingerprint density at radius 3 is 2.44 bits per heavy atom. The standard InChI is InChI=1S/C14H23N3O/c1-6-8-17(9-7-2)13-16-12(11-18-13)10-15-14(3,4)5/h6-7,11,15H,1-2,8-10H2,3-5H3. The molecule has 0 saturated carbocycles. The van der Waals surface area contributed by atoms with E-state index in [4.69, 9.17) is 4.42 Å². The topological polar surface area (TPSA) is 41.3 Å². The summed E-state index contributed by atoms with van der Waals surface area (Å²) in [6.45, 7) is 15.9. The zero-order valence-corrected chi connectivity index (χ0v) is 11.6. The van der Waals surface area contributed by atoms with Crippen LogP contribution in [-0.2, 0) is 6.54 Å². The Kier molecular flexibility index (Phi) is 5.16. The number of nitrogens with one attached hydrogen (secondary N) is 1. The molecule has 18 heavy (non-hydrogen) atoms. The van der Waals surface area contributed by atoms with Gasteiger partial charge in [-0.1, -0.05) is 12.2 Å². The summed E-state index contributed by atoms with van der Waals surface area (Å²) in [4.78, 5) is 6.42.